The topological polar surface area (TPSA) is 17.1 Å². The van der Waals surface area contributed by atoms with E-state index in [4.69, 9.17) is 0 Å². The Hall–Kier alpha value is -0.590. The Morgan fingerprint density at radius 2 is 1.56 bits per heavy atom. The van der Waals surface area contributed by atoms with Gasteiger partial charge in [0.05, 0.1) is 0 Å². The molecule has 0 saturated heterocycles. The molecule has 0 aromatic carbocycles. The lowest BCUT2D eigenvalue weighted by Gasteiger charge is -2.08. The highest BCUT2D eigenvalue weighted by Crippen LogP contribution is 2.19. The van der Waals surface area contributed by atoms with Gasteiger partial charge in [-0.3, -0.25) is 0 Å². The molecule has 0 saturated carbocycles. The Morgan fingerprint density at radius 3 is 2.25 bits per heavy atom. The van der Waals surface area contributed by atoms with Gasteiger partial charge in [-0.05, 0) is 32.1 Å². The maximum atomic E-state index is 10.4. The molecule has 1 heteroatoms. The summed E-state index contributed by atoms with van der Waals surface area (Å²) < 4.78 is 0. The fourth-order valence-corrected chi connectivity index (χ4v) is 2.44. The van der Waals surface area contributed by atoms with Gasteiger partial charge in [0.1, 0.15) is 6.29 Å². The molecular weight excluding hydrogens is 196 g/mol. The van der Waals surface area contributed by atoms with Crippen LogP contribution < -0.4 is 0 Å². The number of hydrogen-bond acceptors (Lipinski definition) is 1. The summed E-state index contributed by atoms with van der Waals surface area (Å²) in [4.78, 5) is 10.4. The molecule has 0 fully saturated rings. The van der Waals surface area contributed by atoms with Crippen LogP contribution in [-0.4, -0.2) is 6.29 Å². The van der Waals surface area contributed by atoms with Crippen LogP contribution in [0.15, 0.2) is 11.6 Å². The van der Waals surface area contributed by atoms with Gasteiger partial charge < -0.3 is 4.79 Å². The third kappa shape index (κ3) is 6.81. The number of aldehydes is 1. The van der Waals surface area contributed by atoms with E-state index in [-0.39, 0.29) is 0 Å². The molecule has 0 bridgehead atoms. The first kappa shape index (κ1) is 13.5. The number of allylic oxidation sites excluding steroid dienone is 2. The third-order valence-corrected chi connectivity index (χ3v) is 3.47. The van der Waals surface area contributed by atoms with E-state index in [1.807, 2.05) is 0 Å². The van der Waals surface area contributed by atoms with E-state index in [0.29, 0.717) is 6.42 Å². The van der Waals surface area contributed by atoms with Gasteiger partial charge in [-0.15, -0.1) is 0 Å². The molecule has 0 spiro atoms. The molecule has 1 aliphatic carbocycles. The highest BCUT2D eigenvalue weighted by atomic mass is 16.1. The van der Waals surface area contributed by atoms with Crippen LogP contribution in [-0.2, 0) is 4.79 Å². The summed E-state index contributed by atoms with van der Waals surface area (Å²) in [5.41, 5.74) is 1.53. The number of carbonyl (C=O) groups excluding carboxylic acids is 1. The van der Waals surface area contributed by atoms with Crippen LogP contribution >= 0.6 is 0 Å². The predicted octanol–water partition coefficient (Wildman–Crippen LogP) is 4.81. The molecular formula is C15H26O. The Labute approximate surface area is 100 Å². The minimum atomic E-state index is 0.714. The zero-order chi connectivity index (χ0) is 11.5. The maximum Gasteiger partial charge on any atom is 0.120 e. The second-order valence-electron chi connectivity index (χ2n) is 4.93. The molecule has 0 aromatic rings. The zero-order valence-corrected chi connectivity index (χ0v) is 10.5. The molecule has 1 aliphatic rings. The summed E-state index contributed by atoms with van der Waals surface area (Å²) in [6.45, 7) is 0. The molecule has 0 amide bonds. The summed E-state index contributed by atoms with van der Waals surface area (Å²) in [7, 11) is 0. The first-order valence-electron chi connectivity index (χ1n) is 7.05. The van der Waals surface area contributed by atoms with E-state index >= 15 is 0 Å². The summed E-state index contributed by atoms with van der Waals surface area (Å²) in [6, 6.07) is 0. The van der Waals surface area contributed by atoms with Crippen molar-refractivity contribution in [1.29, 1.82) is 0 Å². The fourth-order valence-electron chi connectivity index (χ4n) is 2.44. The molecule has 0 radical (unpaired) electrons. The van der Waals surface area contributed by atoms with Gasteiger partial charge in [-0.1, -0.05) is 50.2 Å². The van der Waals surface area contributed by atoms with Gasteiger partial charge >= 0.3 is 0 Å². The van der Waals surface area contributed by atoms with E-state index in [9.17, 15) is 4.79 Å². The van der Waals surface area contributed by atoms with Crippen LogP contribution in [0.5, 0.6) is 0 Å². The second kappa shape index (κ2) is 9.62. The van der Waals surface area contributed by atoms with Crippen molar-refractivity contribution in [3.05, 3.63) is 11.6 Å². The highest BCUT2D eigenvalue weighted by Gasteiger charge is 2.00. The molecule has 0 N–H and O–H groups in total. The third-order valence-electron chi connectivity index (χ3n) is 3.47. The van der Waals surface area contributed by atoms with Gasteiger partial charge in [0.25, 0.3) is 0 Å². The lowest BCUT2D eigenvalue weighted by molar-refractivity contribution is -0.107. The largest absolute Gasteiger partial charge is 0.303 e. The normalized spacial score (nSPS) is 23.6. The molecule has 1 nitrogen and oxygen atoms in total. The molecule has 1 rings (SSSR count). The second-order valence-corrected chi connectivity index (χ2v) is 4.93. The standard InChI is InChI=1S/C15H26O/c16-14-10-13-15-11-8-6-4-2-1-3-5-7-9-12-15/h11,14H,1-10,12-13H2/b15-11+. The van der Waals surface area contributed by atoms with Crippen molar-refractivity contribution in [3.8, 4) is 0 Å². The summed E-state index contributed by atoms with van der Waals surface area (Å²) in [6.07, 6.45) is 18.7. The molecule has 0 heterocycles. The van der Waals surface area contributed by atoms with Gasteiger partial charge in [0, 0.05) is 6.42 Å². The summed E-state index contributed by atoms with van der Waals surface area (Å²) in [5.74, 6) is 0. The highest BCUT2D eigenvalue weighted by molar-refractivity contribution is 5.49. The molecule has 0 unspecified atom stereocenters. The van der Waals surface area contributed by atoms with E-state index in [1.54, 1.807) is 0 Å². The van der Waals surface area contributed by atoms with Gasteiger partial charge in [0.2, 0.25) is 0 Å². The van der Waals surface area contributed by atoms with Crippen molar-refractivity contribution in [3.63, 3.8) is 0 Å². The van der Waals surface area contributed by atoms with Crippen molar-refractivity contribution in [2.24, 2.45) is 0 Å². The predicted molar refractivity (Wildman–Crippen MR) is 69.6 cm³/mol. The number of hydrogen-bond donors (Lipinski definition) is 0. The molecule has 92 valence electrons. The van der Waals surface area contributed by atoms with Crippen molar-refractivity contribution in [1.82, 2.24) is 0 Å². The molecule has 16 heavy (non-hydrogen) atoms. The Bertz CT molecular complexity index is 205. The lowest BCUT2D eigenvalue weighted by Crippen LogP contribution is -1.90. The number of carbonyl (C=O) groups is 1. The zero-order valence-electron chi connectivity index (χ0n) is 10.5. The minimum absolute atomic E-state index is 0.714. The van der Waals surface area contributed by atoms with Crippen molar-refractivity contribution >= 4 is 6.29 Å². The van der Waals surface area contributed by atoms with Gasteiger partial charge in [-0.2, -0.15) is 0 Å². The Balaban J connectivity index is 2.33. The fraction of sp³-hybridized carbons (Fsp3) is 0.800. The first-order valence-corrected chi connectivity index (χ1v) is 7.05. The van der Waals surface area contributed by atoms with Crippen LogP contribution in [0, 0.1) is 0 Å². The molecule has 0 atom stereocenters. The van der Waals surface area contributed by atoms with Gasteiger partial charge in [0.15, 0.2) is 0 Å². The van der Waals surface area contributed by atoms with Crippen molar-refractivity contribution < 1.29 is 4.79 Å². The quantitative estimate of drug-likeness (QED) is 0.495. The van der Waals surface area contributed by atoms with E-state index in [2.05, 4.69) is 6.08 Å². The Kier molecular flexibility index (Phi) is 8.10. The summed E-state index contributed by atoms with van der Waals surface area (Å²) in [5, 5.41) is 0. The lowest BCUT2D eigenvalue weighted by atomic mass is 9.98. The van der Waals surface area contributed by atoms with Crippen molar-refractivity contribution in [2.45, 2.75) is 77.0 Å². The van der Waals surface area contributed by atoms with Crippen LogP contribution in [0.3, 0.4) is 0 Å². The molecule has 0 aromatic heterocycles. The monoisotopic (exact) mass is 222 g/mol. The number of rotatable bonds is 3. The van der Waals surface area contributed by atoms with Crippen LogP contribution in [0.25, 0.3) is 0 Å². The average molecular weight is 222 g/mol. The summed E-state index contributed by atoms with van der Waals surface area (Å²) >= 11 is 0. The van der Waals surface area contributed by atoms with E-state index < -0.39 is 0 Å². The Morgan fingerprint density at radius 1 is 0.938 bits per heavy atom. The van der Waals surface area contributed by atoms with E-state index in [0.717, 1.165) is 12.7 Å². The minimum Gasteiger partial charge on any atom is -0.303 e. The van der Waals surface area contributed by atoms with Crippen LogP contribution in [0.1, 0.15) is 77.0 Å². The van der Waals surface area contributed by atoms with Crippen LogP contribution in [0.4, 0.5) is 0 Å². The van der Waals surface area contributed by atoms with Crippen LogP contribution in [0.2, 0.25) is 0 Å². The first-order chi connectivity index (χ1) is 7.93. The SMILES string of the molecule is O=CCC/C1=C/CCCCCCCCCC1. The smallest absolute Gasteiger partial charge is 0.120 e. The van der Waals surface area contributed by atoms with E-state index in [1.165, 1.54) is 69.8 Å². The maximum absolute atomic E-state index is 10.4. The average Bonchev–Trinajstić information content (AvgIpc) is 2.28. The van der Waals surface area contributed by atoms with Crippen molar-refractivity contribution in [2.75, 3.05) is 0 Å². The molecule has 0 aliphatic heterocycles. The van der Waals surface area contributed by atoms with Gasteiger partial charge in [-0.25, -0.2) is 0 Å².